The van der Waals surface area contributed by atoms with Crippen LogP contribution in [0.25, 0.3) is 0 Å². The molecule has 0 fully saturated rings. The second kappa shape index (κ2) is 8.92. The Kier molecular flexibility index (Phi) is 6.62. The largest absolute Gasteiger partial charge is 0.339 e. The fourth-order valence-electron chi connectivity index (χ4n) is 2.49. The molecule has 0 saturated heterocycles. The number of halogens is 1. The lowest BCUT2D eigenvalue weighted by atomic mass is 10.1. The summed E-state index contributed by atoms with van der Waals surface area (Å²) in [6, 6.07) is 7.14. The van der Waals surface area contributed by atoms with Gasteiger partial charge in [-0.25, -0.2) is 4.39 Å². The summed E-state index contributed by atoms with van der Waals surface area (Å²) < 4.78 is 13.2. The molecule has 1 N–H and O–H groups in total. The molecule has 132 valence electrons. The molecule has 6 heteroatoms. The van der Waals surface area contributed by atoms with Gasteiger partial charge in [0, 0.05) is 31.2 Å². The van der Waals surface area contributed by atoms with E-state index in [4.69, 9.17) is 0 Å². The highest BCUT2D eigenvalue weighted by atomic mass is 19.1. The Labute approximate surface area is 146 Å². The van der Waals surface area contributed by atoms with Gasteiger partial charge in [0.2, 0.25) is 0 Å². The van der Waals surface area contributed by atoms with Crippen LogP contribution in [0.3, 0.4) is 0 Å². The first kappa shape index (κ1) is 18.6. The van der Waals surface area contributed by atoms with Crippen LogP contribution in [-0.4, -0.2) is 34.8 Å². The normalized spacial score (nSPS) is 10.4. The van der Waals surface area contributed by atoms with Crippen molar-refractivity contribution in [3.63, 3.8) is 0 Å². The lowest BCUT2D eigenvalue weighted by Gasteiger charge is -2.21. The first-order valence-corrected chi connectivity index (χ1v) is 8.36. The number of anilines is 1. The lowest BCUT2D eigenvalue weighted by Crippen LogP contribution is -2.32. The monoisotopic (exact) mass is 343 g/mol. The number of nitrogens with one attached hydrogen (secondary N) is 1. The van der Waals surface area contributed by atoms with Gasteiger partial charge in [0.25, 0.3) is 11.8 Å². The van der Waals surface area contributed by atoms with Crippen molar-refractivity contribution in [3.05, 3.63) is 59.7 Å². The Bertz CT molecular complexity index is 743. The Morgan fingerprint density at radius 1 is 1.08 bits per heavy atom. The van der Waals surface area contributed by atoms with Crippen molar-refractivity contribution in [2.75, 3.05) is 18.4 Å². The van der Waals surface area contributed by atoms with E-state index < -0.39 is 11.7 Å². The number of benzene rings is 1. The molecule has 5 nitrogen and oxygen atoms in total. The van der Waals surface area contributed by atoms with Crippen molar-refractivity contribution in [3.8, 4) is 0 Å². The molecule has 0 unspecified atom stereocenters. The third-order valence-corrected chi connectivity index (χ3v) is 3.60. The van der Waals surface area contributed by atoms with Gasteiger partial charge in [-0.05, 0) is 37.1 Å². The molecular weight excluding hydrogens is 321 g/mol. The number of hydrogen-bond acceptors (Lipinski definition) is 3. The SMILES string of the molecule is CCCN(CCC)C(=O)c1cncc(C(=O)Nc2cccc(F)c2)c1. The number of hydrogen-bond donors (Lipinski definition) is 1. The molecule has 0 radical (unpaired) electrons. The van der Waals surface area contributed by atoms with Crippen molar-refractivity contribution in [2.45, 2.75) is 26.7 Å². The summed E-state index contributed by atoms with van der Waals surface area (Å²) in [5.74, 6) is -1.02. The maximum atomic E-state index is 13.2. The molecule has 0 spiro atoms. The van der Waals surface area contributed by atoms with Crippen molar-refractivity contribution in [1.29, 1.82) is 0 Å². The van der Waals surface area contributed by atoms with Crippen LogP contribution >= 0.6 is 0 Å². The molecular formula is C19H22FN3O2. The predicted molar refractivity (Wildman–Crippen MR) is 95.1 cm³/mol. The van der Waals surface area contributed by atoms with E-state index >= 15 is 0 Å². The van der Waals surface area contributed by atoms with E-state index in [0.717, 1.165) is 12.8 Å². The van der Waals surface area contributed by atoms with E-state index in [-0.39, 0.29) is 11.5 Å². The van der Waals surface area contributed by atoms with E-state index in [1.165, 1.54) is 36.7 Å². The highest BCUT2D eigenvalue weighted by molar-refractivity contribution is 6.05. The first-order chi connectivity index (χ1) is 12.0. The average Bonchev–Trinajstić information content (AvgIpc) is 2.61. The number of nitrogens with zero attached hydrogens (tertiary/aromatic N) is 2. The van der Waals surface area contributed by atoms with E-state index in [2.05, 4.69) is 10.3 Å². The molecule has 2 amide bonds. The molecule has 0 atom stereocenters. The zero-order chi connectivity index (χ0) is 18.2. The molecule has 25 heavy (non-hydrogen) atoms. The lowest BCUT2D eigenvalue weighted by molar-refractivity contribution is 0.0755. The average molecular weight is 343 g/mol. The maximum absolute atomic E-state index is 13.2. The number of aromatic nitrogens is 1. The van der Waals surface area contributed by atoms with Crippen LogP contribution in [0.2, 0.25) is 0 Å². The van der Waals surface area contributed by atoms with Crippen molar-refractivity contribution in [2.24, 2.45) is 0 Å². The third-order valence-electron chi connectivity index (χ3n) is 3.60. The minimum atomic E-state index is -0.440. The molecule has 1 heterocycles. The summed E-state index contributed by atoms with van der Waals surface area (Å²) in [5, 5.41) is 2.60. The van der Waals surface area contributed by atoms with Crippen molar-refractivity contribution >= 4 is 17.5 Å². The van der Waals surface area contributed by atoms with Crippen LogP contribution in [0, 0.1) is 5.82 Å². The number of pyridine rings is 1. The van der Waals surface area contributed by atoms with Gasteiger partial charge in [-0.15, -0.1) is 0 Å². The van der Waals surface area contributed by atoms with E-state index in [0.29, 0.717) is 24.3 Å². The number of carbonyl (C=O) groups excluding carboxylic acids is 2. The second-order valence-electron chi connectivity index (χ2n) is 5.72. The molecule has 0 aliphatic rings. The highest BCUT2D eigenvalue weighted by Gasteiger charge is 2.17. The summed E-state index contributed by atoms with van der Waals surface area (Å²) in [6.45, 7) is 5.34. The van der Waals surface area contributed by atoms with Crippen molar-refractivity contribution < 1.29 is 14.0 Å². The zero-order valence-electron chi connectivity index (χ0n) is 14.5. The molecule has 0 bridgehead atoms. The topological polar surface area (TPSA) is 62.3 Å². The summed E-state index contributed by atoms with van der Waals surface area (Å²) in [4.78, 5) is 30.7. The van der Waals surface area contributed by atoms with Gasteiger partial charge in [0.1, 0.15) is 5.82 Å². The number of rotatable bonds is 7. The molecule has 0 aliphatic carbocycles. The smallest absolute Gasteiger partial charge is 0.257 e. The van der Waals surface area contributed by atoms with Gasteiger partial charge in [-0.1, -0.05) is 19.9 Å². The van der Waals surface area contributed by atoms with Gasteiger partial charge >= 0.3 is 0 Å². The Hall–Kier alpha value is -2.76. The minimum Gasteiger partial charge on any atom is -0.339 e. The van der Waals surface area contributed by atoms with Crippen molar-refractivity contribution in [1.82, 2.24) is 9.88 Å². The molecule has 2 rings (SSSR count). The number of amides is 2. The fourth-order valence-corrected chi connectivity index (χ4v) is 2.49. The molecule has 2 aromatic rings. The zero-order valence-corrected chi connectivity index (χ0v) is 14.5. The summed E-state index contributed by atoms with van der Waals surface area (Å²) >= 11 is 0. The van der Waals surface area contributed by atoms with E-state index in [9.17, 15) is 14.0 Å². The Balaban J connectivity index is 2.16. The maximum Gasteiger partial charge on any atom is 0.257 e. The van der Waals surface area contributed by atoms with Crippen LogP contribution in [0.5, 0.6) is 0 Å². The Morgan fingerprint density at radius 2 is 1.76 bits per heavy atom. The standard InChI is InChI=1S/C19H22FN3O2/c1-3-8-23(9-4-2)19(25)15-10-14(12-21-13-15)18(24)22-17-7-5-6-16(20)11-17/h5-7,10-13H,3-4,8-9H2,1-2H3,(H,22,24). The van der Waals surface area contributed by atoms with Gasteiger partial charge in [0.15, 0.2) is 0 Å². The predicted octanol–water partition coefficient (Wildman–Crippen LogP) is 3.74. The molecule has 0 aliphatic heterocycles. The third kappa shape index (κ3) is 5.11. The Morgan fingerprint density at radius 3 is 2.40 bits per heavy atom. The van der Waals surface area contributed by atoms with E-state index in [1.807, 2.05) is 13.8 Å². The fraction of sp³-hybridized carbons (Fsp3) is 0.316. The van der Waals surface area contributed by atoms with Gasteiger partial charge in [-0.2, -0.15) is 0 Å². The van der Waals surface area contributed by atoms with Crippen LogP contribution < -0.4 is 5.32 Å². The van der Waals surface area contributed by atoms with Crippen LogP contribution in [0.1, 0.15) is 47.4 Å². The van der Waals surface area contributed by atoms with Gasteiger partial charge in [-0.3, -0.25) is 14.6 Å². The summed E-state index contributed by atoms with van der Waals surface area (Å²) in [6.07, 6.45) is 4.56. The van der Waals surface area contributed by atoms with Gasteiger partial charge in [0.05, 0.1) is 11.1 Å². The summed E-state index contributed by atoms with van der Waals surface area (Å²) in [7, 11) is 0. The quantitative estimate of drug-likeness (QED) is 0.833. The highest BCUT2D eigenvalue weighted by Crippen LogP contribution is 2.13. The molecule has 1 aromatic heterocycles. The van der Waals surface area contributed by atoms with Gasteiger partial charge < -0.3 is 10.2 Å². The first-order valence-electron chi connectivity index (χ1n) is 8.36. The van der Waals surface area contributed by atoms with E-state index in [1.54, 1.807) is 11.0 Å². The van der Waals surface area contributed by atoms with Crippen LogP contribution in [-0.2, 0) is 0 Å². The second-order valence-corrected chi connectivity index (χ2v) is 5.72. The van der Waals surface area contributed by atoms with Crippen LogP contribution in [0.4, 0.5) is 10.1 Å². The minimum absolute atomic E-state index is 0.142. The molecule has 0 saturated carbocycles. The van der Waals surface area contributed by atoms with Crippen LogP contribution in [0.15, 0.2) is 42.7 Å². The number of carbonyl (C=O) groups is 2. The molecule has 1 aromatic carbocycles. The summed E-state index contributed by atoms with van der Waals surface area (Å²) in [5.41, 5.74) is 0.970.